The van der Waals surface area contributed by atoms with Crippen LogP contribution in [-0.4, -0.2) is 29.3 Å². The van der Waals surface area contributed by atoms with E-state index >= 15 is 0 Å². The first-order chi connectivity index (χ1) is 12.4. The molecule has 6 heteroatoms. The lowest BCUT2D eigenvalue weighted by Gasteiger charge is -2.34. The van der Waals surface area contributed by atoms with Crippen molar-refractivity contribution in [3.8, 4) is 0 Å². The van der Waals surface area contributed by atoms with E-state index in [1.165, 1.54) is 12.1 Å². The molecule has 2 aromatic carbocycles. The molecule has 2 atom stereocenters. The van der Waals surface area contributed by atoms with Gasteiger partial charge in [0.1, 0.15) is 5.82 Å². The van der Waals surface area contributed by atoms with Crippen LogP contribution in [0.1, 0.15) is 29.7 Å². The largest absolute Gasteiger partial charge is 0.368 e. The Morgan fingerprint density at radius 1 is 1.19 bits per heavy atom. The van der Waals surface area contributed by atoms with Gasteiger partial charge in [0.15, 0.2) is 0 Å². The van der Waals surface area contributed by atoms with E-state index in [1.807, 2.05) is 31.2 Å². The zero-order valence-electron chi connectivity index (χ0n) is 14.6. The molecule has 0 unspecified atom stereocenters. The van der Waals surface area contributed by atoms with Crippen molar-refractivity contribution in [2.24, 2.45) is 5.73 Å². The first-order valence-electron chi connectivity index (χ1n) is 8.59. The molecule has 0 saturated carbocycles. The van der Waals surface area contributed by atoms with Gasteiger partial charge in [-0.2, -0.15) is 0 Å². The Morgan fingerprint density at radius 3 is 2.50 bits per heavy atom. The van der Waals surface area contributed by atoms with E-state index in [4.69, 9.17) is 5.73 Å². The third-order valence-corrected chi connectivity index (χ3v) is 4.77. The molecule has 0 bridgehead atoms. The van der Waals surface area contributed by atoms with E-state index in [0.717, 1.165) is 16.7 Å². The number of benzene rings is 2. The first-order valence-corrected chi connectivity index (χ1v) is 8.59. The SMILES string of the molecule is C[C@H](NC(=O)CN1Cc2ccccc2C[C@H]1C(N)=O)c1ccc(F)cc1. The molecule has 1 heterocycles. The van der Waals surface area contributed by atoms with Crippen LogP contribution in [0.4, 0.5) is 4.39 Å². The van der Waals surface area contributed by atoms with Crippen molar-refractivity contribution in [1.29, 1.82) is 0 Å². The lowest BCUT2D eigenvalue weighted by Crippen LogP contribution is -2.51. The van der Waals surface area contributed by atoms with Gasteiger partial charge in [0, 0.05) is 6.54 Å². The number of carbonyl (C=O) groups excluding carboxylic acids is 2. The third-order valence-electron chi connectivity index (χ3n) is 4.77. The number of fused-ring (bicyclic) bond motifs is 1. The highest BCUT2D eigenvalue weighted by Crippen LogP contribution is 2.23. The Kier molecular flexibility index (Phi) is 5.32. The maximum atomic E-state index is 13.0. The minimum atomic E-state index is -0.503. The fraction of sp³-hybridized carbons (Fsp3) is 0.300. The quantitative estimate of drug-likeness (QED) is 0.860. The molecule has 0 spiro atoms. The highest BCUT2D eigenvalue weighted by atomic mass is 19.1. The second kappa shape index (κ2) is 7.66. The number of nitrogens with one attached hydrogen (secondary N) is 1. The predicted molar refractivity (Wildman–Crippen MR) is 96.5 cm³/mol. The molecule has 0 saturated heterocycles. The number of hydrogen-bond acceptors (Lipinski definition) is 3. The van der Waals surface area contributed by atoms with Gasteiger partial charge in [-0.25, -0.2) is 4.39 Å². The van der Waals surface area contributed by atoms with Gasteiger partial charge in [0.25, 0.3) is 0 Å². The predicted octanol–water partition coefficient (Wildman–Crippen LogP) is 1.92. The van der Waals surface area contributed by atoms with Gasteiger partial charge in [0.05, 0.1) is 18.6 Å². The van der Waals surface area contributed by atoms with Gasteiger partial charge >= 0.3 is 0 Å². The van der Waals surface area contributed by atoms with Crippen LogP contribution in [0.3, 0.4) is 0 Å². The van der Waals surface area contributed by atoms with Crippen LogP contribution < -0.4 is 11.1 Å². The van der Waals surface area contributed by atoms with Gasteiger partial charge in [-0.05, 0) is 42.2 Å². The minimum absolute atomic E-state index is 0.0769. The lowest BCUT2D eigenvalue weighted by molar-refractivity contribution is -0.127. The number of rotatable bonds is 5. The van der Waals surface area contributed by atoms with Crippen LogP contribution in [-0.2, 0) is 22.6 Å². The molecule has 0 fully saturated rings. The Labute approximate surface area is 152 Å². The van der Waals surface area contributed by atoms with E-state index in [0.29, 0.717) is 13.0 Å². The molecular weight excluding hydrogens is 333 g/mol. The number of nitrogens with zero attached hydrogens (tertiary/aromatic N) is 1. The molecule has 2 aromatic rings. The van der Waals surface area contributed by atoms with Gasteiger partial charge in [-0.3, -0.25) is 14.5 Å². The minimum Gasteiger partial charge on any atom is -0.368 e. The molecule has 1 aliphatic rings. The summed E-state index contributed by atoms with van der Waals surface area (Å²) < 4.78 is 13.0. The summed E-state index contributed by atoms with van der Waals surface area (Å²) in [4.78, 5) is 26.1. The topological polar surface area (TPSA) is 75.4 Å². The number of carbonyl (C=O) groups is 2. The molecule has 3 rings (SSSR count). The molecule has 0 aromatic heterocycles. The molecule has 3 N–H and O–H groups in total. The van der Waals surface area contributed by atoms with Gasteiger partial charge < -0.3 is 11.1 Å². The Morgan fingerprint density at radius 2 is 1.85 bits per heavy atom. The number of nitrogens with two attached hydrogens (primary N) is 1. The first kappa shape index (κ1) is 18.1. The normalized spacial score (nSPS) is 18.0. The second-order valence-electron chi connectivity index (χ2n) is 6.64. The van der Waals surface area contributed by atoms with Crippen LogP contribution in [0, 0.1) is 5.82 Å². The van der Waals surface area contributed by atoms with Crippen LogP contribution >= 0.6 is 0 Å². The van der Waals surface area contributed by atoms with E-state index in [1.54, 1.807) is 17.0 Å². The highest BCUT2D eigenvalue weighted by molar-refractivity contribution is 5.83. The summed E-state index contributed by atoms with van der Waals surface area (Å²) in [7, 11) is 0. The summed E-state index contributed by atoms with van der Waals surface area (Å²) in [6.45, 7) is 2.41. The van der Waals surface area contributed by atoms with Crippen molar-refractivity contribution in [2.75, 3.05) is 6.54 Å². The van der Waals surface area contributed by atoms with Crippen molar-refractivity contribution in [2.45, 2.75) is 32.0 Å². The van der Waals surface area contributed by atoms with Gasteiger partial charge in [-0.15, -0.1) is 0 Å². The molecule has 5 nitrogen and oxygen atoms in total. The molecule has 0 aliphatic carbocycles. The summed E-state index contributed by atoms with van der Waals surface area (Å²) in [6.07, 6.45) is 0.506. The van der Waals surface area contributed by atoms with Crippen molar-refractivity contribution in [3.63, 3.8) is 0 Å². The zero-order valence-corrected chi connectivity index (χ0v) is 14.6. The van der Waals surface area contributed by atoms with Crippen LogP contribution in [0.15, 0.2) is 48.5 Å². The third kappa shape index (κ3) is 4.08. The fourth-order valence-corrected chi connectivity index (χ4v) is 3.33. The van der Waals surface area contributed by atoms with Crippen molar-refractivity contribution in [1.82, 2.24) is 10.2 Å². The molecule has 1 aliphatic heterocycles. The van der Waals surface area contributed by atoms with Crippen LogP contribution in [0.2, 0.25) is 0 Å². The number of hydrogen-bond donors (Lipinski definition) is 2. The van der Waals surface area contributed by atoms with E-state index in [-0.39, 0.29) is 24.3 Å². The van der Waals surface area contributed by atoms with Crippen molar-refractivity contribution >= 4 is 11.8 Å². The molecule has 136 valence electrons. The standard InChI is InChI=1S/C20H22FN3O2/c1-13(14-6-8-17(21)9-7-14)23-19(25)12-24-11-16-5-3-2-4-15(16)10-18(24)20(22)26/h2-9,13,18H,10-12H2,1H3,(H2,22,26)(H,23,25)/t13-,18-/m0/s1. The number of amides is 2. The summed E-state index contributed by atoms with van der Waals surface area (Å²) in [5.74, 6) is -0.949. The second-order valence-corrected chi connectivity index (χ2v) is 6.64. The van der Waals surface area contributed by atoms with E-state index in [2.05, 4.69) is 5.32 Å². The van der Waals surface area contributed by atoms with Crippen molar-refractivity contribution in [3.05, 3.63) is 71.0 Å². The van der Waals surface area contributed by atoms with Gasteiger partial charge in [0.2, 0.25) is 11.8 Å². The molecule has 2 amide bonds. The summed E-state index contributed by atoms with van der Waals surface area (Å²) in [5.41, 5.74) is 8.56. The van der Waals surface area contributed by atoms with Crippen LogP contribution in [0.5, 0.6) is 0 Å². The summed E-state index contributed by atoms with van der Waals surface area (Å²) in [6, 6.07) is 13.1. The number of halogens is 1. The maximum Gasteiger partial charge on any atom is 0.235 e. The summed E-state index contributed by atoms with van der Waals surface area (Å²) >= 11 is 0. The molecule has 26 heavy (non-hydrogen) atoms. The van der Waals surface area contributed by atoms with Gasteiger partial charge in [-0.1, -0.05) is 36.4 Å². The monoisotopic (exact) mass is 355 g/mol. The number of primary amides is 1. The maximum absolute atomic E-state index is 13.0. The lowest BCUT2D eigenvalue weighted by atomic mass is 9.93. The Balaban J connectivity index is 1.67. The summed E-state index contributed by atoms with van der Waals surface area (Å²) in [5, 5.41) is 2.89. The Hall–Kier alpha value is -2.73. The van der Waals surface area contributed by atoms with E-state index < -0.39 is 11.9 Å². The molecule has 0 radical (unpaired) electrons. The van der Waals surface area contributed by atoms with Crippen molar-refractivity contribution < 1.29 is 14.0 Å². The zero-order chi connectivity index (χ0) is 18.7. The smallest absolute Gasteiger partial charge is 0.235 e. The molecular formula is C20H22FN3O2. The van der Waals surface area contributed by atoms with Crippen LogP contribution in [0.25, 0.3) is 0 Å². The van der Waals surface area contributed by atoms with E-state index in [9.17, 15) is 14.0 Å². The highest BCUT2D eigenvalue weighted by Gasteiger charge is 2.31. The Bertz CT molecular complexity index is 807. The average molecular weight is 355 g/mol. The average Bonchev–Trinajstić information content (AvgIpc) is 2.61. The fourth-order valence-electron chi connectivity index (χ4n) is 3.33.